The van der Waals surface area contributed by atoms with Crippen LogP contribution in [-0.2, 0) is 9.53 Å². The maximum Gasteiger partial charge on any atom is 0.330 e. The number of nitrogens with zero attached hydrogens (tertiary/aromatic N) is 1. The molecule has 5 heteroatoms. The third kappa shape index (κ3) is 8.62. The number of benzene rings is 2. The van der Waals surface area contributed by atoms with E-state index in [0.29, 0.717) is 24.4 Å². The Bertz CT molecular complexity index is 1060. The first kappa shape index (κ1) is 25.4. The van der Waals surface area contributed by atoms with E-state index < -0.39 is 0 Å². The molecule has 2 rings (SSSR count). The molecule has 0 saturated carbocycles. The van der Waals surface area contributed by atoms with Crippen LogP contribution in [0.2, 0.25) is 0 Å². The highest BCUT2D eigenvalue weighted by molar-refractivity contribution is 5.81. The second-order valence-corrected chi connectivity index (χ2v) is 7.35. The molecule has 0 heterocycles. The summed E-state index contributed by atoms with van der Waals surface area (Å²) in [5.41, 5.74) is 2.75. The van der Waals surface area contributed by atoms with E-state index in [1.54, 1.807) is 12.1 Å². The molecular formula is C28H28FNO3. The summed E-state index contributed by atoms with van der Waals surface area (Å²) < 4.78 is 25.3. The number of hydrogen-bond donors (Lipinski definition) is 0. The van der Waals surface area contributed by atoms with Crippen molar-refractivity contribution in [2.24, 2.45) is 0 Å². The lowest BCUT2D eigenvalue weighted by Crippen LogP contribution is -2.02. The minimum atomic E-state index is -0.387. The largest absolute Gasteiger partial charge is 0.494 e. The average Bonchev–Trinajstić information content (AvgIpc) is 2.83. The maximum atomic E-state index is 14.6. The van der Waals surface area contributed by atoms with Gasteiger partial charge in [0.05, 0.1) is 19.3 Å². The molecule has 0 aliphatic carbocycles. The molecule has 33 heavy (non-hydrogen) atoms. The molecule has 2 aromatic rings. The van der Waals surface area contributed by atoms with Crippen LogP contribution in [0.15, 0.2) is 86.0 Å². The van der Waals surface area contributed by atoms with Crippen molar-refractivity contribution in [1.29, 1.82) is 5.26 Å². The number of rotatable bonds is 13. The molecule has 0 atom stereocenters. The monoisotopic (exact) mass is 445 g/mol. The number of allylic oxidation sites excluding steroid dienone is 4. The number of carbonyl (C=O) groups excluding carboxylic acids is 1. The van der Waals surface area contributed by atoms with Gasteiger partial charge in [0, 0.05) is 17.2 Å². The van der Waals surface area contributed by atoms with Crippen LogP contribution in [0, 0.1) is 17.1 Å². The van der Waals surface area contributed by atoms with Crippen molar-refractivity contribution >= 4 is 11.5 Å². The summed E-state index contributed by atoms with van der Waals surface area (Å²) >= 11 is 0. The van der Waals surface area contributed by atoms with E-state index in [1.165, 1.54) is 12.1 Å². The average molecular weight is 446 g/mol. The van der Waals surface area contributed by atoms with Crippen LogP contribution in [0.4, 0.5) is 4.39 Å². The van der Waals surface area contributed by atoms with E-state index in [4.69, 9.17) is 14.7 Å². The van der Waals surface area contributed by atoms with Gasteiger partial charge in [-0.3, -0.25) is 0 Å². The second-order valence-electron chi connectivity index (χ2n) is 7.35. The summed E-state index contributed by atoms with van der Waals surface area (Å²) in [5.74, 6) is -0.0157. The molecule has 0 aromatic heterocycles. The Labute approximate surface area is 195 Å². The van der Waals surface area contributed by atoms with Crippen LogP contribution >= 0.6 is 0 Å². The molecule has 0 aliphatic heterocycles. The van der Waals surface area contributed by atoms with Gasteiger partial charge in [-0.15, -0.1) is 0 Å². The van der Waals surface area contributed by atoms with Crippen LogP contribution in [0.25, 0.3) is 16.7 Å². The topological polar surface area (TPSA) is 59.3 Å². The lowest BCUT2D eigenvalue weighted by atomic mass is 10.00. The molecule has 4 nitrogen and oxygen atoms in total. The second kappa shape index (κ2) is 13.5. The highest BCUT2D eigenvalue weighted by Gasteiger charge is 2.07. The molecule has 0 unspecified atom stereocenters. The third-order valence-corrected chi connectivity index (χ3v) is 4.85. The van der Waals surface area contributed by atoms with Gasteiger partial charge in [0.1, 0.15) is 11.6 Å². The Kier molecular flexibility index (Phi) is 10.4. The van der Waals surface area contributed by atoms with Crippen LogP contribution in [-0.4, -0.2) is 19.2 Å². The minimum absolute atomic E-state index is 0.280. The van der Waals surface area contributed by atoms with Gasteiger partial charge in [-0.25, -0.2) is 9.18 Å². The standard InChI is InChI=1S/C28H28FNO3/c1-4-28(31)33-18-8-6-5-7-17-32-25-14-11-23(12-15-25)24-13-16-26(27(29)19-24)22(3)10-9-21(2)20-30/h4,9-16,19H,1-3,5-8,17-18H2/b10-9-. The molecule has 0 aliphatic rings. The lowest BCUT2D eigenvalue weighted by molar-refractivity contribution is -0.137. The first-order valence-corrected chi connectivity index (χ1v) is 10.7. The van der Waals surface area contributed by atoms with Crippen LogP contribution in [0.1, 0.15) is 31.2 Å². The highest BCUT2D eigenvalue weighted by atomic mass is 19.1. The van der Waals surface area contributed by atoms with Gasteiger partial charge in [-0.2, -0.15) is 5.26 Å². The van der Waals surface area contributed by atoms with Gasteiger partial charge in [0.25, 0.3) is 0 Å². The zero-order chi connectivity index (χ0) is 24.1. The molecule has 0 bridgehead atoms. The molecule has 0 radical (unpaired) electrons. The fourth-order valence-electron chi connectivity index (χ4n) is 3.01. The maximum absolute atomic E-state index is 14.6. The molecule has 0 saturated heterocycles. The van der Waals surface area contributed by atoms with E-state index in [1.807, 2.05) is 36.4 Å². The van der Waals surface area contributed by atoms with Gasteiger partial charge >= 0.3 is 5.97 Å². The number of halogens is 1. The lowest BCUT2D eigenvalue weighted by Gasteiger charge is -2.09. The summed E-state index contributed by atoms with van der Waals surface area (Å²) in [6, 6.07) is 14.4. The summed E-state index contributed by atoms with van der Waals surface area (Å²) in [7, 11) is 0. The van der Waals surface area contributed by atoms with Gasteiger partial charge in [-0.1, -0.05) is 50.1 Å². The van der Waals surface area contributed by atoms with E-state index in [0.717, 1.165) is 48.6 Å². The first-order valence-electron chi connectivity index (χ1n) is 10.7. The van der Waals surface area contributed by atoms with Crippen LogP contribution < -0.4 is 4.74 Å². The number of ether oxygens (including phenoxy) is 2. The SMILES string of the molecule is C=CC(=O)OCCCCCCOc1ccc(-c2ccc(C(=C)/C=C\C(=C)C#N)c(F)c2)cc1. The van der Waals surface area contributed by atoms with Gasteiger partial charge < -0.3 is 9.47 Å². The predicted octanol–water partition coefficient (Wildman–Crippen LogP) is 6.81. The molecule has 0 N–H and O–H groups in total. The molecule has 170 valence electrons. The number of carbonyl (C=O) groups is 1. The quantitative estimate of drug-likeness (QED) is 0.112. The van der Waals surface area contributed by atoms with Crippen LogP contribution in [0.3, 0.4) is 0 Å². The Hall–Kier alpha value is -3.91. The number of nitriles is 1. The van der Waals surface area contributed by atoms with Crippen molar-refractivity contribution in [2.75, 3.05) is 13.2 Å². The number of esters is 1. The molecule has 2 aromatic carbocycles. The zero-order valence-corrected chi connectivity index (χ0v) is 18.7. The predicted molar refractivity (Wildman–Crippen MR) is 130 cm³/mol. The van der Waals surface area contributed by atoms with Crippen molar-refractivity contribution in [3.8, 4) is 22.9 Å². The fraction of sp³-hybridized carbons (Fsp3) is 0.214. The van der Waals surface area contributed by atoms with Crippen molar-refractivity contribution in [3.05, 3.63) is 97.4 Å². The molecule has 0 fully saturated rings. The smallest absolute Gasteiger partial charge is 0.330 e. The summed E-state index contributed by atoms with van der Waals surface area (Å²) in [6.07, 6.45) is 7.93. The first-order chi connectivity index (χ1) is 15.9. The Morgan fingerprint density at radius 1 is 0.970 bits per heavy atom. The van der Waals surface area contributed by atoms with E-state index in [9.17, 15) is 9.18 Å². The number of unbranched alkanes of at least 4 members (excludes halogenated alkanes) is 3. The fourth-order valence-corrected chi connectivity index (χ4v) is 3.01. The molecule has 0 spiro atoms. The van der Waals surface area contributed by atoms with E-state index in [-0.39, 0.29) is 17.4 Å². The highest BCUT2D eigenvalue weighted by Crippen LogP contribution is 2.27. The Balaban J connectivity index is 1.82. The zero-order valence-electron chi connectivity index (χ0n) is 18.7. The van der Waals surface area contributed by atoms with Crippen molar-refractivity contribution in [3.63, 3.8) is 0 Å². The van der Waals surface area contributed by atoms with E-state index in [2.05, 4.69) is 19.7 Å². The minimum Gasteiger partial charge on any atom is -0.494 e. The summed E-state index contributed by atoms with van der Waals surface area (Å²) in [5, 5.41) is 8.75. The molecule has 0 amide bonds. The number of hydrogen-bond acceptors (Lipinski definition) is 4. The van der Waals surface area contributed by atoms with Crippen LogP contribution in [0.5, 0.6) is 5.75 Å². The Morgan fingerprint density at radius 2 is 1.64 bits per heavy atom. The van der Waals surface area contributed by atoms with Crippen molar-refractivity contribution in [1.82, 2.24) is 0 Å². The van der Waals surface area contributed by atoms with Gasteiger partial charge in [0.15, 0.2) is 0 Å². The van der Waals surface area contributed by atoms with Crippen molar-refractivity contribution < 1.29 is 18.7 Å². The van der Waals surface area contributed by atoms with Gasteiger partial charge in [0.2, 0.25) is 0 Å². The van der Waals surface area contributed by atoms with Gasteiger partial charge in [-0.05, 0) is 66.7 Å². The molecular weight excluding hydrogens is 417 g/mol. The summed E-state index contributed by atoms with van der Waals surface area (Å²) in [6.45, 7) is 11.8. The Morgan fingerprint density at radius 3 is 2.27 bits per heavy atom. The summed E-state index contributed by atoms with van der Waals surface area (Å²) in [4.78, 5) is 10.9. The van der Waals surface area contributed by atoms with E-state index >= 15 is 0 Å². The third-order valence-electron chi connectivity index (χ3n) is 4.85. The van der Waals surface area contributed by atoms with Crippen molar-refractivity contribution in [2.45, 2.75) is 25.7 Å². The normalized spacial score (nSPS) is 10.4.